The molecule has 1 aromatic rings. The van der Waals surface area contributed by atoms with Crippen molar-refractivity contribution < 1.29 is 4.79 Å². The van der Waals surface area contributed by atoms with Gasteiger partial charge in [-0.25, -0.2) is 0 Å². The predicted octanol–water partition coefficient (Wildman–Crippen LogP) is 2.69. The fraction of sp³-hybridized carbons (Fsp3) is 0.471. The molecule has 1 aliphatic heterocycles. The molecule has 1 unspecified atom stereocenters. The number of hydrogen-bond acceptors (Lipinski definition) is 2. The van der Waals surface area contributed by atoms with Crippen molar-refractivity contribution in [3.05, 3.63) is 42.0 Å². The van der Waals surface area contributed by atoms with Crippen LogP contribution in [0, 0.1) is 0 Å². The standard InChI is InChI=1S/C17H24N2O/c1-2-12-19-13-6-9-16(14-19)18-17(20)11-10-15-7-4-3-5-8-15/h3-5,7-8,10-11,16H,2,6,9,12-14H2,1H3,(H,18,20)/b11-10+. The van der Waals surface area contributed by atoms with Gasteiger partial charge in [-0.2, -0.15) is 0 Å². The number of benzene rings is 1. The van der Waals surface area contributed by atoms with E-state index in [2.05, 4.69) is 17.1 Å². The third kappa shape index (κ3) is 4.82. The highest BCUT2D eigenvalue weighted by molar-refractivity contribution is 5.91. The Morgan fingerprint density at radius 2 is 2.20 bits per heavy atom. The minimum Gasteiger partial charge on any atom is -0.349 e. The minimum atomic E-state index is 0.0113. The zero-order chi connectivity index (χ0) is 14.2. The molecular weight excluding hydrogens is 248 g/mol. The minimum absolute atomic E-state index is 0.0113. The van der Waals surface area contributed by atoms with E-state index >= 15 is 0 Å². The number of likely N-dealkylation sites (tertiary alicyclic amines) is 1. The molecule has 0 aliphatic carbocycles. The van der Waals surface area contributed by atoms with Crippen molar-refractivity contribution in [2.45, 2.75) is 32.2 Å². The molecule has 1 heterocycles. The number of nitrogens with one attached hydrogen (secondary N) is 1. The van der Waals surface area contributed by atoms with Crippen LogP contribution in [0.4, 0.5) is 0 Å². The molecule has 108 valence electrons. The molecule has 1 saturated heterocycles. The van der Waals surface area contributed by atoms with E-state index in [0.29, 0.717) is 6.04 Å². The fourth-order valence-corrected chi connectivity index (χ4v) is 2.68. The van der Waals surface area contributed by atoms with Crippen molar-refractivity contribution in [2.75, 3.05) is 19.6 Å². The summed E-state index contributed by atoms with van der Waals surface area (Å²) in [6, 6.07) is 10.2. The van der Waals surface area contributed by atoms with Crippen LogP contribution in [0.5, 0.6) is 0 Å². The van der Waals surface area contributed by atoms with Gasteiger partial charge >= 0.3 is 0 Å². The predicted molar refractivity (Wildman–Crippen MR) is 83.4 cm³/mol. The van der Waals surface area contributed by atoms with E-state index < -0.39 is 0 Å². The van der Waals surface area contributed by atoms with Crippen molar-refractivity contribution >= 4 is 12.0 Å². The highest BCUT2D eigenvalue weighted by atomic mass is 16.1. The van der Waals surface area contributed by atoms with E-state index in [-0.39, 0.29) is 5.91 Å². The van der Waals surface area contributed by atoms with Crippen molar-refractivity contribution in [3.63, 3.8) is 0 Å². The molecule has 3 nitrogen and oxygen atoms in total. The molecule has 1 aromatic carbocycles. The molecule has 1 amide bonds. The van der Waals surface area contributed by atoms with Gasteiger partial charge in [-0.15, -0.1) is 0 Å². The third-order valence-electron chi connectivity index (χ3n) is 3.62. The molecule has 1 atom stereocenters. The molecule has 0 saturated carbocycles. The van der Waals surface area contributed by atoms with Gasteiger partial charge in [0.25, 0.3) is 0 Å². The second-order valence-electron chi connectivity index (χ2n) is 5.39. The second kappa shape index (κ2) is 7.85. The molecule has 1 fully saturated rings. The lowest BCUT2D eigenvalue weighted by molar-refractivity contribution is -0.117. The van der Waals surface area contributed by atoms with E-state index in [0.717, 1.165) is 25.1 Å². The van der Waals surface area contributed by atoms with Crippen LogP contribution < -0.4 is 5.32 Å². The van der Waals surface area contributed by atoms with Crippen LogP contribution in [0.3, 0.4) is 0 Å². The number of hydrogen-bond donors (Lipinski definition) is 1. The number of rotatable bonds is 5. The number of nitrogens with zero attached hydrogens (tertiary/aromatic N) is 1. The van der Waals surface area contributed by atoms with Gasteiger partial charge in [0.15, 0.2) is 0 Å². The van der Waals surface area contributed by atoms with Crippen LogP contribution in [-0.4, -0.2) is 36.5 Å². The van der Waals surface area contributed by atoms with Crippen molar-refractivity contribution in [2.24, 2.45) is 0 Å². The lowest BCUT2D eigenvalue weighted by Gasteiger charge is -2.32. The smallest absolute Gasteiger partial charge is 0.244 e. The highest BCUT2D eigenvalue weighted by Crippen LogP contribution is 2.10. The van der Waals surface area contributed by atoms with Crippen LogP contribution >= 0.6 is 0 Å². The molecule has 20 heavy (non-hydrogen) atoms. The van der Waals surface area contributed by atoms with Gasteiger partial charge in [-0.05, 0) is 44.0 Å². The van der Waals surface area contributed by atoms with Gasteiger partial charge in [0, 0.05) is 18.7 Å². The Morgan fingerprint density at radius 3 is 2.95 bits per heavy atom. The average Bonchev–Trinajstić information content (AvgIpc) is 2.47. The first kappa shape index (κ1) is 14.8. The van der Waals surface area contributed by atoms with Gasteiger partial charge in [0.05, 0.1) is 0 Å². The Hall–Kier alpha value is -1.61. The number of carbonyl (C=O) groups is 1. The maximum Gasteiger partial charge on any atom is 0.244 e. The molecule has 2 rings (SSSR count). The molecule has 1 N–H and O–H groups in total. The summed E-state index contributed by atoms with van der Waals surface area (Å²) in [4.78, 5) is 14.4. The van der Waals surface area contributed by atoms with E-state index in [4.69, 9.17) is 0 Å². The topological polar surface area (TPSA) is 32.3 Å². The summed E-state index contributed by atoms with van der Waals surface area (Å²) in [5.41, 5.74) is 1.05. The number of piperidine rings is 1. The summed E-state index contributed by atoms with van der Waals surface area (Å²) < 4.78 is 0. The summed E-state index contributed by atoms with van der Waals surface area (Å²) in [7, 11) is 0. The van der Waals surface area contributed by atoms with E-state index in [1.807, 2.05) is 36.4 Å². The normalized spacial score (nSPS) is 20.1. The van der Waals surface area contributed by atoms with Crippen LogP contribution in [0.2, 0.25) is 0 Å². The van der Waals surface area contributed by atoms with Crippen molar-refractivity contribution in [1.29, 1.82) is 0 Å². The Balaban J connectivity index is 1.80. The molecule has 3 heteroatoms. The number of amides is 1. The second-order valence-corrected chi connectivity index (χ2v) is 5.39. The van der Waals surface area contributed by atoms with Gasteiger partial charge in [-0.3, -0.25) is 4.79 Å². The zero-order valence-electron chi connectivity index (χ0n) is 12.2. The van der Waals surface area contributed by atoms with Gasteiger partial charge in [0.2, 0.25) is 5.91 Å². The summed E-state index contributed by atoms with van der Waals surface area (Å²) in [6.07, 6.45) is 6.93. The Bertz CT molecular complexity index is 440. The molecular formula is C17H24N2O. The SMILES string of the molecule is CCCN1CCCC(NC(=O)/C=C/c2ccccc2)C1. The van der Waals surface area contributed by atoms with Crippen LogP contribution in [-0.2, 0) is 4.79 Å². The van der Waals surface area contributed by atoms with Gasteiger partial charge in [0.1, 0.15) is 0 Å². The maximum absolute atomic E-state index is 11.9. The summed E-state index contributed by atoms with van der Waals surface area (Å²) in [6.45, 7) is 5.48. The summed E-state index contributed by atoms with van der Waals surface area (Å²) >= 11 is 0. The highest BCUT2D eigenvalue weighted by Gasteiger charge is 2.19. The molecule has 0 radical (unpaired) electrons. The first-order valence-electron chi connectivity index (χ1n) is 7.54. The molecule has 0 aromatic heterocycles. The van der Waals surface area contributed by atoms with E-state index in [1.165, 1.54) is 19.4 Å². The molecule has 1 aliphatic rings. The first-order valence-corrected chi connectivity index (χ1v) is 7.54. The van der Waals surface area contributed by atoms with Crippen LogP contribution in [0.25, 0.3) is 6.08 Å². The Kier molecular flexibility index (Phi) is 5.81. The Morgan fingerprint density at radius 1 is 1.40 bits per heavy atom. The first-order chi connectivity index (χ1) is 9.78. The van der Waals surface area contributed by atoms with Crippen molar-refractivity contribution in [3.8, 4) is 0 Å². The van der Waals surface area contributed by atoms with Crippen LogP contribution in [0.1, 0.15) is 31.7 Å². The lowest BCUT2D eigenvalue weighted by atomic mass is 10.1. The lowest BCUT2D eigenvalue weighted by Crippen LogP contribution is -2.47. The number of carbonyl (C=O) groups excluding carboxylic acids is 1. The monoisotopic (exact) mass is 272 g/mol. The molecule has 0 spiro atoms. The quantitative estimate of drug-likeness (QED) is 0.836. The van der Waals surface area contributed by atoms with E-state index in [9.17, 15) is 4.79 Å². The van der Waals surface area contributed by atoms with Crippen LogP contribution in [0.15, 0.2) is 36.4 Å². The summed E-state index contributed by atoms with van der Waals surface area (Å²) in [5.74, 6) is 0.0113. The fourth-order valence-electron chi connectivity index (χ4n) is 2.68. The Labute approximate surface area is 121 Å². The van der Waals surface area contributed by atoms with Gasteiger partial charge in [-0.1, -0.05) is 37.3 Å². The summed E-state index contributed by atoms with van der Waals surface area (Å²) in [5, 5.41) is 3.11. The largest absolute Gasteiger partial charge is 0.349 e. The average molecular weight is 272 g/mol. The maximum atomic E-state index is 11.9. The van der Waals surface area contributed by atoms with Gasteiger partial charge < -0.3 is 10.2 Å². The molecule has 0 bridgehead atoms. The van der Waals surface area contributed by atoms with E-state index in [1.54, 1.807) is 6.08 Å². The zero-order valence-corrected chi connectivity index (χ0v) is 12.2. The third-order valence-corrected chi connectivity index (χ3v) is 3.62. The van der Waals surface area contributed by atoms with Crippen molar-refractivity contribution in [1.82, 2.24) is 10.2 Å².